The number of piperidine rings is 1. The molecule has 4 aromatic rings. The van der Waals surface area contributed by atoms with Crippen molar-refractivity contribution in [1.29, 1.82) is 0 Å². The van der Waals surface area contributed by atoms with Crippen LogP contribution in [0.5, 0.6) is 17.2 Å². The molecule has 1 N–H and O–H groups in total. The average Bonchev–Trinajstić information content (AvgIpc) is 3.30. The van der Waals surface area contributed by atoms with Crippen molar-refractivity contribution in [3.8, 4) is 17.2 Å². The summed E-state index contributed by atoms with van der Waals surface area (Å²) in [5.41, 5.74) is 2.73. The zero-order valence-electron chi connectivity index (χ0n) is 21.9. The highest BCUT2D eigenvalue weighted by molar-refractivity contribution is 5.94. The molecule has 3 aromatic carbocycles. The predicted molar refractivity (Wildman–Crippen MR) is 148 cm³/mol. The Morgan fingerprint density at radius 1 is 0.947 bits per heavy atom. The molecule has 0 saturated carbocycles. The van der Waals surface area contributed by atoms with Crippen LogP contribution in [0.3, 0.4) is 0 Å². The molecule has 2 heterocycles. The number of para-hydroxylation sites is 3. The average molecular weight is 515 g/mol. The van der Waals surface area contributed by atoms with E-state index in [0.717, 1.165) is 55.1 Å². The van der Waals surface area contributed by atoms with E-state index in [4.69, 9.17) is 19.2 Å². The number of hydrogen-bond acceptors (Lipinski definition) is 6. The lowest BCUT2D eigenvalue weighted by molar-refractivity contribution is -0.117. The number of imidazole rings is 1. The van der Waals surface area contributed by atoms with Crippen LogP contribution < -0.4 is 19.5 Å². The Morgan fingerprint density at radius 2 is 1.71 bits per heavy atom. The second-order valence-corrected chi connectivity index (χ2v) is 9.56. The molecule has 0 spiro atoms. The smallest absolute Gasteiger partial charge is 0.238 e. The molecule has 198 valence electrons. The SMILES string of the molecule is COc1ccc(OC)c(NC(=O)CN2CCC(Cn3c(COc4ccccc4)nc4ccccc43)CC2)c1. The molecule has 0 radical (unpaired) electrons. The zero-order chi connectivity index (χ0) is 26.3. The number of aromatic nitrogens is 2. The van der Waals surface area contributed by atoms with E-state index >= 15 is 0 Å². The van der Waals surface area contributed by atoms with Crippen molar-refractivity contribution in [2.24, 2.45) is 5.92 Å². The first-order valence-electron chi connectivity index (χ1n) is 13.0. The summed E-state index contributed by atoms with van der Waals surface area (Å²) in [6.07, 6.45) is 2.03. The molecular formula is C30H34N4O4. The molecule has 1 fully saturated rings. The van der Waals surface area contributed by atoms with Gasteiger partial charge in [0.15, 0.2) is 0 Å². The second kappa shape index (κ2) is 12.0. The normalized spacial score (nSPS) is 14.4. The third kappa shape index (κ3) is 6.08. The first kappa shape index (κ1) is 25.6. The number of likely N-dealkylation sites (tertiary alicyclic amines) is 1. The Balaban J connectivity index is 1.18. The number of anilines is 1. The maximum atomic E-state index is 12.8. The van der Waals surface area contributed by atoms with E-state index in [1.165, 1.54) is 0 Å². The monoisotopic (exact) mass is 514 g/mol. The van der Waals surface area contributed by atoms with E-state index in [0.29, 0.717) is 36.3 Å². The molecule has 8 heteroatoms. The van der Waals surface area contributed by atoms with Gasteiger partial charge in [0.25, 0.3) is 0 Å². The van der Waals surface area contributed by atoms with Gasteiger partial charge in [-0.05, 0) is 68.2 Å². The second-order valence-electron chi connectivity index (χ2n) is 9.56. The largest absolute Gasteiger partial charge is 0.497 e. The number of rotatable bonds is 10. The molecule has 1 aliphatic rings. The number of amides is 1. The van der Waals surface area contributed by atoms with Crippen LogP contribution in [-0.4, -0.2) is 54.2 Å². The summed E-state index contributed by atoms with van der Waals surface area (Å²) in [6, 6.07) is 23.5. The van der Waals surface area contributed by atoms with Crippen LogP contribution in [0.15, 0.2) is 72.8 Å². The summed E-state index contributed by atoms with van der Waals surface area (Å²) in [7, 11) is 3.19. The molecule has 0 bridgehead atoms. The quantitative estimate of drug-likeness (QED) is 0.322. The fourth-order valence-corrected chi connectivity index (χ4v) is 4.99. The number of nitrogens with zero attached hydrogens (tertiary/aromatic N) is 3. The third-order valence-corrected chi connectivity index (χ3v) is 7.04. The summed E-state index contributed by atoms with van der Waals surface area (Å²) in [5, 5.41) is 2.97. The van der Waals surface area contributed by atoms with Crippen molar-refractivity contribution in [3.05, 3.63) is 78.6 Å². The molecule has 0 atom stereocenters. The van der Waals surface area contributed by atoms with Crippen molar-refractivity contribution in [2.45, 2.75) is 26.0 Å². The lowest BCUT2D eigenvalue weighted by atomic mass is 9.96. The Kier molecular flexibility index (Phi) is 8.09. The minimum Gasteiger partial charge on any atom is -0.497 e. The van der Waals surface area contributed by atoms with E-state index in [1.54, 1.807) is 26.4 Å². The van der Waals surface area contributed by atoms with Gasteiger partial charge in [0.05, 0.1) is 37.5 Å². The molecular weight excluding hydrogens is 480 g/mol. The van der Waals surface area contributed by atoms with Crippen LogP contribution in [0.1, 0.15) is 18.7 Å². The van der Waals surface area contributed by atoms with Gasteiger partial charge in [0, 0.05) is 12.6 Å². The first-order chi connectivity index (χ1) is 18.6. The van der Waals surface area contributed by atoms with E-state index in [-0.39, 0.29) is 5.91 Å². The van der Waals surface area contributed by atoms with Crippen molar-refractivity contribution < 1.29 is 19.0 Å². The van der Waals surface area contributed by atoms with Crippen LogP contribution in [-0.2, 0) is 17.9 Å². The highest BCUT2D eigenvalue weighted by atomic mass is 16.5. The van der Waals surface area contributed by atoms with Crippen LogP contribution in [0.4, 0.5) is 5.69 Å². The van der Waals surface area contributed by atoms with Gasteiger partial charge in [-0.25, -0.2) is 4.98 Å². The maximum absolute atomic E-state index is 12.8. The molecule has 0 aliphatic carbocycles. The van der Waals surface area contributed by atoms with Gasteiger partial charge in [-0.1, -0.05) is 30.3 Å². The summed E-state index contributed by atoms with van der Waals surface area (Å²) in [5.74, 6) is 3.49. The topological polar surface area (TPSA) is 77.9 Å². The molecule has 1 aliphatic heterocycles. The number of methoxy groups -OCH3 is 2. The summed E-state index contributed by atoms with van der Waals surface area (Å²) in [4.78, 5) is 19.9. The molecule has 5 rings (SSSR count). The van der Waals surface area contributed by atoms with E-state index in [2.05, 4.69) is 33.0 Å². The standard InChI is InChI=1S/C30H34N4O4/c1-36-24-12-13-28(37-2)26(18-24)32-30(35)20-33-16-14-22(15-17-33)19-34-27-11-7-6-10-25(27)31-29(34)21-38-23-8-4-3-5-9-23/h3-13,18,22H,14-17,19-21H2,1-2H3,(H,32,35). The number of ether oxygens (including phenoxy) is 3. The van der Waals surface area contributed by atoms with Crippen LogP contribution in [0.25, 0.3) is 11.0 Å². The van der Waals surface area contributed by atoms with E-state index in [9.17, 15) is 4.79 Å². The Labute approximate surface area is 223 Å². The van der Waals surface area contributed by atoms with Crippen LogP contribution in [0.2, 0.25) is 0 Å². The summed E-state index contributed by atoms with van der Waals surface area (Å²) >= 11 is 0. The summed E-state index contributed by atoms with van der Waals surface area (Å²) in [6.45, 7) is 3.39. The molecule has 1 saturated heterocycles. The fraction of sp³-hybridized carbons (Fsp3) is 0.333. The van der Waals surface area contributed by atoms with Crippen LogP contribution in [0, 0.1) is 5.92 Å². The first-order valence-corrected chi connectivity index (χ1v) is 13.0. The highest BCUT2D eigenvalue weighted by Crippen LogP contribution is 2.29. The number of benzene rings is 3. The Bertz CT molecular complexity index is 1360. The molecule has 0 unspecified atom stereocenters. The lowest BCUT2D eigenvalue weighted by Crippen LogP contribution is -2.40. The fourth-order valence-electron chi connectivity index (χ4n) is 4.99. The molecule has 1 amide bonds. The zero-order valence-corrected chi connectivity index (χ0v) is 21.9. The van der Waals surface area contributed by atoms with Gasteiger partial charge in [-0.15, -0.1) is 0 Å². The van der Waals surface area contributed by atoms with Crippen molar-refractivity contribution >= 4 is 22.6 Å². The van der Waals surface area contributed by atoms with Crippen molar-refractivity contribution in [1.82, 2.24) is 14.5 Å². The third-order valence-electron chi connectivity index (χ3n) is 7.04. The Hall–Kier alpha value is -4.04. The number of carbonyl (C=O) groups excluding carboxylic acids is 1. The number of nitrogens with one attached hydrogen (secondary N) is 1. The van der Waals surface area contributed by atoms with Crippen molar-refractivity contribution in [2.75, 3.05) is 39.2 Å². The molecule has 38 heavy (non-hydrogen) atoms. The minimum absolute atomic E-state index is 0.0593. The van der Waals surface area contributed by atoms with Gasteiger partial charge in [-0.2, -0.15) is 0 Å². The van der Waals surface area contributed by atoms with Gasteiger partial charge in [0.2, 0.25) is 5.91 Å². The highest BCUT2D eigenvalue weighted by Gasteiger charge is 2.23. The predicted octanol–water partition coefficient (Wildman–Crippen LogP) is 4.98. The van der Waals surface area contributed by atoms with Crippen LogP contribution >= 0.6 is 0 Å². The molecule has 1 aromatic heterocycles. The number of carbonyl (C=O) groups is 1. The van der Waals surface area contributed by atoms with E-state index < -0.39 is 0 Å². The number of fused-ring (bicyclic) bond motifs is 1. The minimum atomic E-state index is -0.0593. The van der Waals surface area contributed by atoms with E-state index in [1.807, 2.05) is 42.5 Å². The van der Waals surface area contributed by atoms with Gasteiger partial charge >= 0.3 is 0 Å². The molecule has 8 nitrogen and oxygen atoms in total. The number of hydrogen-bond donors (Lipinski definition) is 1. The Morgan fingerprint density at radius 3 is 2.47 bits per heavy atom. The van der Waals surface area contributed by atoms with Gasteiger partial charge in [0.1, 0.15) is 29.7 Å². The summed E-state index contributed by atoms with van der Waals surface area (Å²) < 4.78 is 19.0. The maximum Gasteiger partial charge on any atom is 0.238 e. The van der Waals surface area contributed by atoms with Crippen molar-refractivity contribution in [3.63, 3.8) is 0 Å². The lowest BCUT2D eigenvalue weighted by Gasteiger charge is -2.32. The van der Waals surface area contributed by atoms with Gasteiger partial charge in [-0.3, -0.25) is 9.69 Å². The van der Waals surface area contributed by atoms with Gasteiger partial charge < -0.3 is 24.1 Å².